The van der Waals surface area contributed by atoms with Crippen LogP contribution in [0.5, 0.6) is 0 Å². The van der Waals surface area contributed by atoms with Crippen LogP contribution in [-0.4, -0.2) is 33.9 Å². The Labute approximate surface area is 148 Å². The molecular formula is C19H27N5O. The van der Waals surface area contributed by atoms with Crippen molar-refractivity contribution in [1.82, 2.24) is 25.6 Å². The van der Waals surface area contributed by atoms with Crippen molar-refractivity contribution >= 4 is 17.1 Å². The molecule has 1 aliphatic rings. The van der Waals surface area contributed by atoms with Gasteiger partial charge in [0, 0.05) is 37.1 Å². The summed E-state index contributed by atoms with van der Waals surface area (Å²) in [7, 11) is 0. The van der Waals surface area contributed by atoms with E-state index in [9.17, 15) is 4.79 Å². The van der Waals surface area contributed by atoms with Gasteiger partial charge in [0.05, 0.1) is 5.54 Å². The van der Waals surface area contributed by atoms with Crippen LogP contribution in [0.1, 0.15) is 45.6 Å². The highest BCUT2D eigenvalue weighted by Gasteiger charge is 2.39. The van der Waals surface area contributed by atoms with Gasteiger partial charge in [-0.15, -0.1) is 0 Å². The first-order valence-electron chi connectivity index (χ1n) is 9.12. The number of aromatic nitrogens is 3. The van der Waals surface area contributed by atoms with Crippen LogP contribution < -0.4 is 10.6 Å². The Balaban J connectivity index is 2.00. The molecule has 0 spiro atoms. The second kappa shape index (κ2) is 7.44. The van der Waals surface area contributed by atoms with Crippen LogP contribution >= 0.6 is 0 Å². The molecule has 0 saturated carbocycles. The van der Waals surface area contributed by atoms with E-state index < -0.39 is 5.54 Å². The Hall–Kier alpha value is -2.08. The Bertz CT molecular complexity index is 744. The van der Waals surface area contributed by atoms with E-state index >= 15 is 0 Å². The highest BCUT2D eigenvalue weighted by atomic mass is 16.1. The predicted molar refractivity (Wildman–Crippen MR) is 97.9 cm³/mol. The van der Waals surface area contributed by atoms with Crippen molar-refractivity contribution in [2.24, 2.45) is 11.8 Å². The molecule has 1 aliphatic heterocycles. The standard InChI is InChI=1S/C19H27N5O/c1-4-13(2)9-16(25)24-19(10-14(3)11-20-12-19)15-5-6-22-18-17(15)21-7-8-23-18/h5-8,13-14,20H,4,9-12H2,1-3H3,(H,24,25)/t13-,14+,19+/m1/s1. The van der Waals surface area contributed by atoms with Gasteiger partial charge in [-0.25, -0.2) is 9.97 Å². The van der Waals surface area contributed by atoms with E-state index in [-0.39, 0.29) is 5.91 Å². The first kappa shape index (κ1) is 17.7. The molecule has 2 aromatic heterocycles. The Kier molecular flexibility index (Phi) is 5.27. The summed E-state index contributed by atoms with van der Waals surface area (Å²) in [6, 6.07) is 1.97. The van der Waals surface area contributed by atoms with Gasteiger partial charge in [0.25, 0.3) is 0 Å². The number of nitrogens with one attached hydrogen (secondary N) is 2. The average molecular weight is 341 g/mol. The summed E-state index contributed by atoms with van der Waals surface area (Å²) in [6.45, 7) is 8.08. The van der Waals surface area contributed by atoms with Crippen molar-refractivity contribution in [3.63, 3.8) is 0 Å². The molecule has 0 radical (unpaired) electrons. The molecule has 6 nitrogen and oxygen atoms in total. The molecule has 3 rings (SSSR count). The van der Waals surface area contributed by atoms with Crippen molar-refractivity contribution in [2.75, 3.05) is 13.1 Å². The second-order valence-electron chi connectivity index (χ2n) is 7.38. The lowest BCUT2D eigenvalue weighted by Crippen LogP contribution is -2.57. The lowest BCUT2D eigenvalue weighted by Gasteiger charge is -2.42. The highest BCUT2D eigenvalue weighted by Crippen LogP contribution is 2.34. The average Bonchev–Trinajstić information content (AvgIpc) is 2.61. The molecule has 0 bridgehead atoms. The Morgan fingerprint density at radius 3 is 2.88 bits per heavy atom. The maximum atomic E-state index is 12.7. The number of amides is 1. The Morgan fingerprint density at radius 1 is 1.36 bits per heavy atom. The minimum absolute atomic E-state index is 0.0964. The summed E-state index contributed by atoms with van der Waals surface area (Å²) in [4.78, 5) is 25.9. The van der Waals surface area contributed by atoms with Gasteiger partial charge in [-0.1, -0.05) is 27.2 Å². The summed E-state index contributed by atoms with van der Waals surface area (Å²) in [6.07, 6.45) is 7.51. The van der Waals surface area contributed by atoms with Crippen LogP contribution in [-0.2, 0) is 10.3 Å². The first-order valence-corrected chi connectivity index (χ1v) is 9.12. The summed E-state index contributed by atoms with van der Waals surface area (Å²) in [5.74, 6) is 0.927. The molecule has 1 fully saturated rings. The minimum Gasteiger partial charge on any atom is -0.345 e. The maximum absolute atomic E-state index is 12.7. The largest absolute Gasteiger partial charge is 0.345 e. The number of carbonyl (C=O) groups is 1. The maximum Gasteiger partial charge on any atom is 0.221 e. The van der Waals surface area contributed by atoms with E-state index in [1.807, 2.05) is 6.07 Å². The second-order valence-corrected chi connectivity index (χ2v) is 7.38. The van der Waals surface area contributed by atoms with Crippen LogP contribution in [0.2, 0.25) is 0 Å². The molecule has 1 saturated heterocycles. The zero-order valence-electron chi connectivity index (χ0n) is 15.2. The number of hydrogen-bond acceptors (Lipinski definition) is 5. The molecule has 6 heteroatoms. The summed E-state index contributed by atoms with van der Waals surface area (Å²) in [5, 5.41) is 6.82. The van der Waals surface area contributed by atoms with Gasteiger partial charge in [-0.05, 0) is 30.9 Å². The van der Waals surface area contributed by atoms with Gasteiger partial charge in [0.15, 0.2) is 5.65 Å². The topological polar surface area (TPSA) is 79.8 Å². The van der Waals surface area contributed by atoms with Crippen LogP contribution in [0.3, 0.4) is 0 Å². The fourth-order valence-electron chi connectivity index (χ4n) is 3.68. The van der Waals surface area contributed by atoms with Crippen molar-refractivity contribution in [3.8, 4) is 0 Å². The van der Waals surface area contributed by atoms with Crippen LogP contribution in [0.4, 0.5) is 0 Å². The quantitative estimate of drug-likeness (QED) is 0.873. The third kappa shape index (κ3) is 3.79. The van der Waals surface area contributed by atoms with E-state index in [4.69, 9.17) is 0 Å². The minimum atomic E-state index is -0.473. The van der Waals surface area contributed by atoms with Gasteiger partial charge >= 0.3 is 0 Å². The van der Waals surface area contributed by atoms with Crippen LogP contribution in [0.15, 0.2) is 24.7 Å². The van der Waals surface area contributed by atoms with Crippen molar-refractivity contribution in [2.45, 2.75) is 45.6 Å². The van der Waals surface area contributed by atoms with E-state index in [1.165, 1.54) is 0 Å². The molecule has 3 atom stereocenters. The van der Waals surface area contributed by atoms with E-state index in [0.717, 1.165) is 30.5 Å². The first-order chi connectivity index (χ1) is 12.0. The number of fused-ring (bicyclic) bond motifs is 1. The smallest absolute Gasteiger partial charge is 0.221 e. The number of hydrogen-bond donors (Lipinski definition) is 2. The zero-order chi connectivity index (χ0) is 17.9. The van der Waals surface area contributed by atoms with E-state index in [0.29, 0.717) is 30.4 Å². The van der Waals surface area contributed by atoms with E-state index in [1.54, 1.807) is 18.6 Å². The van der Waals surface area contributed by atoms with Gasteiger partial charge in [-0.2, -0.15) is 0 Å². The van der Waals surface area contributed by atoms with Crippen molar-refractivity contribution in [1.29, 1.82) is 0 Å². The lowest BCUT2D eigenvalue weighted by molar-refractivity contribution is -0.124. The molecule has 3 heterocycles. The zero-order valence-corrected chi connectivity index (χ0v) is 15.2. The fraction of sp³-hybridized carbons (Fsp3) is 0.579. The van der Waals surface area contributed by atoms with E-state index in [2.05, 4.69) is 46.4 Å². The fourth-order valence-corrected chi connectivity index (χ4v) is 3.68. The summed E-state index contributed by atoms with van der Waals surface area (Å²) in [5.41, 5.74) is 1.92. The summed E-state index contributed by atoms with van der Waals surface area (Å²) >= 11 is 0. The van der Waals surface area contributed by atoms with Crippen molar-refractivity contribution in [3.05, 3.63) is 30.2 Å². The molecule has 0 unspecified atom stereocenters. The SMILES string of the molecule is CC[C@@H](C)CC(=O)N[C@]1(c2ccnc3nccnc23)CNC[C@@H](C)C1. The molecule has 2 aromatic rings. The number of carbonyl (C=O) groups excluding carboxylic acids is 1. The molecule has 0 aliphatic carbocycles. The van der Waals surface area contributed by atoms with Crippen molar-refractivity contribution < 1.29 is 4.79 Å². The monoisotopic (exact) mass is 341 g/mol. The normalized spacial score (nSPS) is 24.8. The molecule has 134 valence electrons. The molecule has 2 N–H and O–H groups in total. The number of nitrogens with zero attached hydrogens (tertiary/aromatic N) is 3. The molecule has 0 aromatic carbocycles. The van der Waals surface area contributed by atoms with Gasteiger partial charge in [-0.3, -0.25) is 9.78 Å². The van der Waals surface area contributed by atoms with Crippen LogP contribution in [0, 0.1) is 11.8 Å². The number of pyridine rings is 1. The predicted octanol–water partition coefficient (Wildman–Crippen LogP) is 2.40. The van der Waals surface area contributed by atoms with Gasteiger partial charge in [0.1, 0.15) is 5.52 Å². The van der Waals surface area contributed by atoms with Gasteiger partial charge < -0.3 is 10.6 Å². The summed E-state index contributed by atoms with van der Waals surface area (Å²) < 4.78 is 0. The molecule has 25 heavy (non-hydrogen) atoms. The third-order valence-corrected chi connectivity index (χ3v) is 5.11. The third-order valence-electron chi connectivity index (χ3n) is 5.11. The molecule has 1 amide bonds. The number of piperidine rings is 1. The molecular weight excluding hydrogens is 314 g/mol. The van der Waals surface area contributed by atoms with Crippen LogP contribution in [0.25, 0.3) is 11.2 Å². The van der Waals surface area contributed by atoms with Gasteiger partial charge in [0.2, 0.25) is 5.91 Å². The number of rotatable bonds is 5. The lowest BCUT2D eigenvalue weighted by atomic mass is 9.78. The Morgan fingerprint density at radius 2 is 2.12 bits per heavy atom. The highest BCUT2D eigenvalue weighted by molar-refractivity contribution is 5.80.